The average molecular weight is 262 g/mol. The number of fused-ring (bicyclic) bond motifs is 1. The number of aryl methyl sites for hydroxylation is 1. The number of esters is 1. The lowest BCUT2D eigenvalue weighted by Crippen LogP contribution is -2.22. The summed E-state index contributed by atoms with van der Waals surface area (Å²) in [6.07, 6.45) is 3.05. The molecule has 19 heavy (non-hydrogen) atoms. The van der Waals surface area contributed by atoms with Crippen LogP contribution in [0.25, 0.3) is 10.9 Å². The number of hydrogen-bond acceptors (Lipinski definition) is 5. The third-order valence-electron chi connectivity index (χ3n) is 2.84. The fourth-order valence-corrected chi connectivity index (χ4v) is 2.01. The number of nitrogens with one attached hydrogen (secondary N) is 1. The number of methoxy groups -OCH3 is 1. The van der Waals surface area contributed by atoms with Gasteiger partial charge in [0.15, 0.2) is 0 Å². The van der Waals surface area contributed by atoms with Crippen molar-refractivity contribution in [3.8, 4) is 5.75 Å². The number of carbonyl (C=O) groups is 1. The Kier molecular flexibility index (Phi) is 3.50. The van der Waals surface area contributed by atoms with Crippen molar-refractivity contribution in [2.45, 2.75) is 13.8 Å². The molecule has 0 radical (unpaired) electrons. The van der Waals surface area contributed by atoms with E-state index in [2.05, 4.69) is 9.97 Å². The molecule has 0 unspecified atom stereocenters. The van der Waals surface area contributed by atoms with Gasteiger partial charge in [-0.05, 0) is 19.4 Å². The number of rotatable bonds is 3. The second kappa shape index (κ2) is 5.09. The first kappa shape index (κ1) is 13.1. The van der Waals surface area contributed by atoms with E-state index in [0.717, 1.165) is 0 Å². The highest BCUT2D eigenvalue weighted by Gasteiger charge is 2.19. The summed E-state index contributed by atoms with van der Waals surface area (Å²) in [5.74, 6) is -0.140. The van der Waals surface area contributed by atoms with Crippen molar-refractivity contribution in [3.63, 3.8) is 0 Å². The maximum Gasteiger partial charge on any atom is 0.344 e. The van der Waals surface area contributed by atoms with Crippen LogP contribution in [-0.2, 0) is 4.74 Å². The number of aromatic amines is 1. The van der Waals surface area contributed by atoms with Crippen LogP contribution in [0.4, 0.5) is 0 Å². The number of pyridine rings is 2. The molecule has 6 heteroatoms. The van der Waals surface area contributed by atoms with Gasteiger partial charge in [0, 0.05) is 5.39 Å². The van der Waals surface area contributed by atoms with E-state index in [1.165, 1.54) is 19.5 Å². The molecular weight excluding hydrogens is 248 g/mol. The molecule has 0 atom stereocenters. The molecule has 2 aromatic rings. The van der Waals surface area contributed by atoms with Crippen LogP contribution in [0.15, 0.2) is 17.2 Å². The van der Waals surface area contributed by atoms with Crippen LogP contribution in [0.3, 0.4) is 0 Å². The van der Waals surface area contributed by atoms with Crippen LogP contribution in [0.2, 0.25) is 0 Å². The molecule has 0 amide bonds. The second-order valence-corrected chi connectivity index (χ2v) is 3.94. The molecule has 0 aliphatic carbocycles. The van der Waals surface area contributed by atoms with Crippen molar-refractivity contribution in [2.75, 3.05) is 13.7 Å². The Hall–Kier alpha value is -2.37. The maximum atomic E-state index is 11.9. The first-order valence-electron chi connectivity index (χ1n) is 5.81. The monoisotopic (exact) mass is 262 g/mol. The summed E-state index contributed by atoms with van der Waals surface area (Å²) >= 11 is 0. The number of hydrogen-bond donors (Lipinski definition) is 1. The van der Waals surface area contributed by atoms with Gasteiger partial charge in [-0.3, -0.25) is 9.78 Å². The third kappa shape index (κ3) is 2.16. The molecular formula is C13H14N2O4. The van der Waals surface area contributed by atoms with E-state index < -0.39 is 11.5 Å². The van der Waals surface area contributed by atoms with Crippen molar-refractivity contribution in [1.82, 2.24) is 9.97 Å². The molecule has 0 aliphatic rings. The minimum Gasteiger partial charge on any atom is -0.494 e. The molecule has 0 aromatic carbocycles. The van der Waals surface area contributed by atoms with E-state index in [4.69, 9.17) is 9.47 Å². The molecule has 0 saturated heterocycles. The van der Waals surface area contributed by atoms with Crippen LogP contribution >= 0.6 is 0 Å². The smallest absolute Gasteiger partial charge is 0.344 e. The third-order valence-corrected chi connectivity index (χ3v) is 2.84. The zero-order valence-electron chi connectivity index (χ0n) is 10.9. The van der Waals surface area contributed by atoms with Crippen LogP contribution in [0.5, 0.6) is 5.75 Å². The van der Waals surface area contributed by atoms with Crippen molar-refractivity contribution in [3.05, 3.63) is 33.9 Å². The molecule has 2 rings (SSSR count). The topological polar surface area (TPSA) is 81.3 Å². The lowest BCUT2D eigenvalue weighted by molar-refractivity contribution is 0.0523. The molecule has 2 heterocycles. The van der Waals surface area contributed by atoms with E-state index >= 15 is 0 Å². The van der Waals surface area contributed by atoms with Crippen LogP contribution < -0.4 is 10.3 Å². The van der Waals surface area contributed by atoms with Gasteiger partial charge in [0.2, 0.25) is 0 Å². The van der Waals surface area contributed by atoms with Crippen molar-refractivity contribution in [2.24, 2.45) is 0 Å². The molecule has 2 aromatic heterocycles. The highest BCUT2D eigenvalue weighted by Crippen LogP contribution is 2.26. The van der Waals surface area contributed by atoms with Gasteiger partial charge in [0.1, 0.15) is 11.3 Å². The summed E-state index contributed by atoms with van der Waals surface area (Å²) in [7, 11) is 1.50. The van der Waals surface area contributed by atoms with Crippen molar-refractivity contribution < 1.29 is 14.3 Å². The maximum absolute atomic E-state index is 11.9. The summed E-state index contributed by atoms with van der Waals surface area (Å²) in [5, 5.41) is 0.653. The van der Waals surface area contributed by atoms with Gasteiger partial charge in [0.25, 0.3) is 5.56 Å². The Morgan fingerprint density at radius 2 is 2.16 bits per heavy atom. The quantitative estimate of drug-likeness (QED) is 0.846. The number of nitrogens with zero attached hydrogens (tertiary/aromatic N) is 1. The predicted molar refractivity (Wildman–Crippen MR) is 69.6 cm³/mol. The molecule has 0 saturated carbocycles. The lowest BCUT2D eigenvalue weighted by Gasteiger charge is -2.10. The largest absolute Gasteiger partial charge is 0.494 e. The van der Waals surface area contributed by atoms with Gasteiger partial charge in [-0.25, -0.2) is 4.79 Å². The Balaban J connectivity index is 2.80. The second-order valence-electron chi connectivity index (χ2n) is 3.94. The highest BCUT2D eigenvalue weighted by molar-refractivity contribution is 5.98. The van der Waals surface area contributed by atoms with E-state index in [-0.39, 0.29) is 12.2 Å². The molecule has 0 fully saturated rings. The molecule has 0 aliphatic heterocycles. The van der Waals surface area contributed by atoms with Crippen LogP contribution in [-0.4, -0.2) is 29.7 Å². The molecule has 100 valence electrons. The molecule has 0 spiro atoms. The van der Waals surface area contributed by atoms with Crippen molar-refractivity contribution >= 4 is 16.9 Å². The fourth-order valence-electron chi connectivity index (χ4n) is 2.01. The van der Waals surface area contributed by atoms with Gasteiger partial charge in [-0.15, -0.1) is 0 Å². The lowest BCUT2D eigenvalue weighted by atomic mass is 10.1. The summed E-state index contributed by atoms with van der Waals surface area (Å²) in [6.45, 7) is 3.59. The Morgan fingerprint density at radius 1 is 1.42 bits per heavy atom. The normalized spacial score (nSPS) is 10.5. The van der Waals surface area contributed by atoms with Gasteiger partial charge < -0.3 is 14.5 Å². The molecule has 0 bridgehead atoms. The fraction of sp³-hybridized carbons (Fsp3) is 0.308. The highest BCUT2D eigenvalue weighted by atomic mass is 16.5. The first-order chi connectivity index (χ1) is 9.10. The molecule has 6 nitrogen and oxygen atoms in total. The predicted octanol–water partition coefficient (Wildman–Crippen LogP) is 1.42. The van der Waals surface area contributed by atoms with E-state index in [0.29, 0.717) is 22.2 Å². The van der Waals surface area contributed by atoms with Gasteiger partial charge >= 0.3 is 5.97 Å². The number of aromatic nitrogens is 2. The first-order valence-corrected chi connectivity index (χ1v) is 5.81. The van der Waals surface area contributed by atoms with Crippen LogP contribution in [0, 0.1) is 6.92 Å². The summed E-state index contributed by atoms with van der Waals surface area (Å²) in [6, 6.07) is 0. The zero-order chi connectivity index (χ0) is 14.0. The minimum absolute atomic E-state index is 0.00106. The number of ether oxygens (including phenoxy) is 2. The van der Waals surface area contributed by atoms with Crippen LogP contribution in [0.1, 0.15) is 22.8 Å². The van der Waals surface area contributed by atoms with Gasteiger partial charge in [-0.2, -0.15) is 0 Å². The summed E-state index contributed by atoms with van der Waals surface area (Å²) in [4.78, 5) is 30.4. The zero-order valence-corrected chi connectivity index (χ0v) is 10.9. The van der Waals surface area contributed by atoms with Gasteiger partial charge in [-0.1, -0.05) is 0 Å². The summed E-state index contributed by atoms with van der Waals surface area (Å²) < 4.78 is 10.1. The minimum atomic E-state index is -0.637. The number of carbonyl (C=O) groups excluding carboxylic acids is 1. The van der Waals surface area contributed by atoms with Gasteiger partial charge in [0.05, 0.1) is 31.6 Å². The van der Waals surface area contributed by atoms with Crippen molar-refractivity contribution in [1.29, 1.82) is 0 Å². The average Bonchev–Trinajstić information content (AvgIpc) is 2.38. The Morgan fingerprint density at radius 3 is 2.79 bits per heavy atom. The Labute approximate surface area is 109 Å². The van der Waals surface area contributed by atoms with E-state index in [1.807, 2.05) is 0 Å². The SMILES string of the molecule is CCOC(=O)c1c(C)c2c(OC)cncc2[nH]c1=O. The standard InChI is InChI=1S/C13H14N2O4/c1-4-19-13(17)11-7(2)10-8(15-12(11)16)5-14-6-9(10)18-3/h5-6H,4H2,1-3H3,(H,15,16). The Bertz CT molecular complexity index is 691. The van der Waals surface area contributed by atoms with E-state index in [9.17, 15) is 9.59 Å². The number of H-pyrrole nitrogens is 1. The summed E-state index contributed by atoms with van der Waals surface area (Å²) in [5.41, 5.74) is 0.559. The molecule has 1 N–H and O–H groups in total. The van der Waals surface area contributed by atoms with E-state index in [1.54, 1.807) is 13.8 Å².